The number of nitrogens with one attached hydrogen (secondary N) is 1. The second kappa shape index (κ2) is 12.9. The van der Waals surface area contributed by atoms with E-state index in [1.807, 2.05) is 11.0 Å². The van der Waals surface area contributed by atoms with Crippen LogP contribution in [0.15, 0.2) is 18.2 Å². The number of rotatable bonds is 9. The SMILES string of the molecule is COC(=O)CCC1CCC(N(CC(OC)OC)C(=O)Nc2ccc3c(c2)CCN(C)CC3(C)C)CC1. The topological polar surface area (TPSA) is 80.3 Å². The first-order chi connectivity index (χ1) is 17.2. The lowest BCUT2D eigenvalue weighted by atomic mass is 9.81. The van der Waals surface area contributed by atoms with Crippen LogP contribution in [0, 0.1) is 5.92 Å². The number of methoxy groups -OCH3 is 3. The van der Waals surface area contributed by atoms with Crippen LogP contribution in [0.1, 0.15) is 63.5 Å². The van der Waals surface area contributed by atoms with Crippen molar-refractivity contribution in [1.82, 2.24) is 9.80 Å². The van der Waals surface area contributed by atoms with Crippen molar-refractivity contribution in [1.29, 1.82) is 0 Å². The van der Waals surface area contributed by atoms with Crippen LogP contribution in [0.2, 0.25) is 0 Å². The number of anilines is 1. The van der Waals surface area contributed by atoms with Crippen LogP contribution in [-0.4, -0.2) is 82.1 Å². The van der Waals surface area contributed by atoms with Crippen LogP contribution in [0.4, 0.5) is 10.5 Å². The predicted molar refractivity (Wildman–Crippen MR) is 141 cm³/mol. The Morgan fingerprint density at radius 1 is 1.14 bits per heavy atom. The fourth-order valence-electron chi connectivity index (χ4n) is 5.86. The summed E-state index contributed by atoms with van der Waals surface area (Å²) in [6.45, 7) is 6.94. The first-order valence-corrected chi connectivity index (χ1v) is 13.2. The average molecular weight is 504 g/mol. The van der Waals surface area contributed by atoms with Crippen molar-refractivity contribution >= 4 is 17.7 Å². The average Bonchev–Trinajstić information content (AvgIpc) is 2.97. The molecule has 202 valence electrons. The van der Waals surface area contributed by atoms with Gasteiger partial charge >= 0.3 is 12.0 Å². The number of carbonyl (C=O) groups is 2. The van der Waals surface area contributed by atoms with E-state index in [2.05, 4.69) is 43.2 Å². The normalized spacial score (nSPS) is 22.0. The highest BCUT2D eigenvalue weighted by atomic mass is 16.7. The summed E-state index contributed by atoms with van der Waals surface area (Å²) < 4.78 is 15.7. The molecule has 0 aromatic heterocycles. The Balaban J connectivity index is 1.70. The summed E-state index contributed by atoms with van der Waals surface area (Å²) in [7, 11) is 6.79. The molecule has 0 unspecified atom stereocenters. The number of fused-ring (bicyclic) bond motifs is 1. The first kappa shape index (κ1) is 28.4. The van der Waals surface area contributed by atoms with E-state index in [-0.39, 0.29) is 23.5 Å². The highest BCUT2D eigenvalue weighted by Gasteiger charge is 2.32. The molecule has 1 aromatic rings. The zero-order chi connectivity index (χ0) is 26.3. The predicted octanol–water partition coefficient (Wildman–Crippen LogP) is 4.42. The van der Waals surface area contributed by atoms with Crippen molar-refractivity contribution in [3.63, 3.8) is 0 Å². The molecular weight excluding hydrogens is 458 g/mol. The molecule has 1 saturated carbocycles. The van der Waals surface area contributed by atoms with E-state index in [1.54, 1.807) is 14.2 Å². The van der Waals surface area contributed by atoms with E-state index in [0.717, 1.165) is 57.3 Å². The summed E-state index contributed by atoms with van der Waals surface area (Å²) in [6.07, 6.45) is 5.52. The molecule has 2 aliphatic rings. The number of ether oxygens (including phenoxy) is 3. The molecule has 0 atom stereocenters. The van der Waals surface area contributed by atoms with Gasteiger partial charge in [0.25, 0.3) is 0 Å². The van der Waals surface area contributed by atoms with Crippen molar-refractivity contribution in [2.45, 2.75) is 76.5 Å². The van der Waals surface area contributed by atoms with Gasteiger partial charge < -0.3 is 29.3 Å². The van der Waals surface area contributed by atoms with Gasteiger partial charge in [-0.25, -0.2) is 4.79 Å². The number of esters is 1. The van der Waals surface area contributed by atoms with Crippen molar-refractivity contribution in [3.8, 4) is 0 Å². The number of benzene rings is 1. The maximum absolute atomic E-state index is 13.6. The standard InChI is InChI=1S/C28H45N3O5/c1-28(2)19-30(3)16-15-21-17-22(10-13-24(21)28)29-27(33)31(18-26(35-5)36-6)23-11-7-20(8-12-23)9-14-25(32)34-4/h10,13,17,20,23,26H,7-9,11-12,14-16,18-19H2,1-6H3,(H,29,33). The van der Waals surface area contributed by atoms with Crippen molar-refractivity contribution in [3.05, 3.63) is 29.3 Å². The number of hydrogen-bond acceptors (Lipinski definition) is 6. The number of likely N-dealkylation sites (N-methyl/N-ethyl adjacent to an activating group) is 1. The van der Waals surface area contributed by atoms with Crippen LogP contribution < -0.4 is 5.32 Å². The van der Waals surface area contributed by atoms with E-state index < -0.39 is 6.29 Å². The molecule has 8 nitrogen and oxygen atoms in total. The zero-order valence-corrected chi connectivity index (χ0v) is 23.0. The van der Waals surface area contributed by atoms with Gasteiger partial charge in [0.15, 0.2) is 6.29 Å². The molecule has 0 saturated heterocycles. The summed E-state index contributed by atoms with van der Waals surface area (Å²) in [4.78, 5) is 29.3. The molecule has 1 fully saturated rings. The third-order valence-electron chi connectivity index (χ3n) is 7.89. The molecule has 0 bridgehead atoms. The lowest BCUT2D eigenvalue weighted by Crippen LogP contribution is -2.48. The Morgan fingerprint density at radius 3 is 2.47 bits per heavy atom. The van der Waals surface area contributed by atoms with Crippen molar-refractivity contribution in [2.24, 2.45) is 5.92 Å². The van der Waals surface area contributed by atoms with Gasteiger partial charge in [0.05, 0.1) is 13.7 Å². The van der Waals surface area contributed by atoms with Gasteiger partial charge in [-0.05, 0) is 74.8 Å². The third-order valence-corrected chi connectivity index (χ3v) is 7.89. The summed E-state index contributed by atoms with van der Waals surface area (Å²) >= 11 is 0. The molecule has 0 radical (unpaired) electrons. The smallest absolute Gasteiger partial charge is 0.322 e. The maximum Gasteiger partial charge on any atom is 0.322 e. The highest BCUT2D eigenvalue weighted by molar-refractivity contribution is 5.89. The molecule has 36 heavy (non-hydrogen) atoms. The second-order valence-electron chi connectivity index (χ2n) is 11.0. The molecule has 0 spiro atoms. The summed E-state index contributed by atoms with van der Waals surface area (Å²) in [6, 6.07) is 6.31. The van der Waals surface area contributed by atoms with E-state index in [0.29, 0.717) is 18.9 Å². The van der Waals surface area contributed by atoms with Gasteiger partial charge in [-0.3, -0.25) is 4.79 Å². The molecule has 1 aliphatic heterocycles. The number of amides is 2. The van der Waals surface area contributed by atoms with Crippen LogP contribution in [0.3, 0.4) is 0 Å². The minimum absolute atomic E-state index is 0.0613. The maximum atomic E-state index is 13.6. The monoisotopic (exact) mass is 503 g/mol. The van der Waals surface area contributed by atoms with Crippen LogP contribution in [0.25, 0.3) is 0 Å². The fourth-order valence-corrected chi connectivity index (χ4v) is 5.86. The number of carbonyl (C=O) groups excluding carboxylic acids is 2. The Bertz CT molecular complexity index is 878. The Kier molecular flexibility index (Phi) is 10.2. The van der Waals surface area contributed by atoms with Crippen molar-refractivity contribution < 1.29 is 23.8 Å². The van der Waals surface area contributed by atoms with Gasteiger partial charge in [0.2, 0.25) is 0 Å². The van der Waals surface area contributed by atoms with Gasteiger partial charge in [-0.15, -0.1) is 0 Å². The quantitative estimate of drug-likeness (QED) is 0.397. The highest BCUT2D eigenvalue weighted by Crippen LogP contribution is 2.33. The van der Waals surface area contributed by atoms with Crippen LogP contribution >= 0.6 is 0 Å². The lowest BCUT2D eigenvalue weighted by Gasteiger charge is -2.38. The van der Waals surface area contributed by atoms with Gasteiger partial charge in [0, 0.05) is 50.9 Å². The molecule has 3 rings (SSSR count). The second-order valence-corrected chi connectivity index (χ2v) is 11.0. The number of nitrogens with zero attached hydrogens (tertiary/aromatic N) is 2. The summed E-state index contributed by atoms with van der Waals surface area (Å²) in [5, 5.41) is 3.16. The molecule has 8 heteroatoms. The van der Waals surface area contributed by atoms with E-state index in [1.165, 1.54) is 18.2 Å². The Labute approximate surface area is 216 Å². The molecule has 1 aromatic carbocycles. The van der Waals surface area contributed by atoms with Gasteiger partial charge in [0.1, 0.15) is 0 Å². The van der Waals surface area contributed by atoms with Crippen LogP contribution in [-0.2, 0) is 30.8 Å². The van der Waals surface area contributed by atoms with Gasteiger partial charge in [-0.1, -0.05) is 19.9 Å². The summed E-state index contributed by atoms with van der Waals surface area (Å²) in [5.41, 5.74) is 3.53. The fraction of sp³-hybridized carbons (Fsp3) is 0.714. The first-order valence-electron chi connectivity index (χ1n) is 13.2. The lowest BCUT2D eigenvalue weighted by molar-refractivity contribution is -0.141. The molecule has 1 N–H and O–H groups in total. The minimum Gasteiger partial charge on any atom is -0.469 e. The molecule has 1 heterocycles. The molecular formula is C28H45N3O5. The Morgan fingerprint density at radius 2 is 1.83 bits per heavy atom. The largest absolute Gasteiger partial charge is 0.469 e. The van der Waals surface area contributed by atoms with E-state index in [4.69, 9.17) is 14.2 Å². The minimum atomic E-state index is -0.490. The Hall–Kier alpha value is -2.16. The van der Waals surface area contributed by atoms with E-state index >= 15 is 0 Å². The van der Waals surface area contributed by atoms with Crippen molar-refractivity contribution in [2.75, 3.05) is 53.3 Å². The number of urea groups is 1. The number of hydrogen-bond donors (Lipinski definition) is 1. The zero-order valence-electron chi connectivity index (χ0n) is 23.0. The van der Waals surface area contributed by atoms with Gasteiger partial charge in [-0.2, -0.15) is 0 Å². The molecule has 1 aliphatic carbocycles. The molecule has 2 amide bonds. The summed E-state index contributed by atoms with van der Waals surface area (Å²) in [5.74, 6) is 0.328. The third kappa shape index (κ3) is 7.43. The van der Waals surface area contributed by atoms with Crippen LogP contribution in [0.5, 0.6) is 0 Å². The van der Waals surface area contributed by atoms with E-state index in [9.17, 15) is 9.59 Å².